The van der Waals surface area contributed by atoms with Crippen LogP contribution < -0.4 is 0 Å². The molecule has 0 aliphatic heterocycles. The predicted molar refractivity (Wildman–Crippen MR) is 85.0 cm³/mol. The zero-order chi connectivity index (χ0) is 14.7. The number of carbonyl (C=O) groups excluding carboxylic acids is 1. The van der Waals surface area contributed by atoms with Crippen molar-refractivity contribution in [1.29, 1.82) is 0 Å². The number of furan rings is 1. The van der Waals surface area contributed by atoms with Gasteiger partial charge in [0.1, 0.15) is 5.76 Å². The van der Waals surface area contributed by atoms with Crippen LogP contribution in [0.25, 0.3) is 12.2 Å². The Bertz CT molecular complexity index is 709. The van der Waals surface area contributed by atoms with E-state index < -0.39 is 0 Å². The summed E-state index contributed by atoms with van der Waals surface area (Å²) in [6.45, 7) is 0. The summed E-state index contributed by atoms with van der Waals surface area (Å²) in [5.74, 6) is 0.815. The van der Waals surface area contributed by atoms with Gasteiger partial charge in [-0.3, -0.25) is 4.79 Å². The standard InChI is InChI=1S/C18H15ClO2/c19-17-9-2-1-5-13(17)11-14-6-3-7-15(18(14)20)12-16-8-4-10-21-16/h1-2,4-5,8-12H,3,6-7H2/b14-11-,15-12-. The van der Waals surface area contributed by atoms with Crippen molar-refractivity contribution < 1.29 is 9.21 Å². The van der Waals surface area contributed by atoms with Crippen molar-refractivity contribution in [1.82, 2.24) is 0 Å². The van der Waals surface area contributed by atoms with Crippen LogP contribution in [0.5, 0.6) is 0 Å². The van der Waals surface area contributed by atoms with Gasteiger partial charge in [-0.1, -0.05) is 29.8 Å². The van der Waals surface area contributed by atoms with Crippen LogP contribution in [-0.2, 0) is 4.79 Å². The van der Waals surface area contributed by atoms with Crippen LogP contribution in [0, 0.1) is 0 Å². The minimum Gasteiger partial charge on any atom is -0.465 e. The van der Waals surface area contributed by atoms with Crippen LogP contribution in [0.4, 0.5) is 0 Å². The first kappa shape index (κ1) is 13.9. The topological polar surface area (TPSA) is 30.2 Å². The molecule has 106 valence electrons. The number of halogens is 1. The largest absolute Gasteiger partial charge is 0.465 e. The van der Waals surface area contributed by atoms with Crippen molar-refractivity contribution >= 4 is 29.5 Å². The molecule has 1 aromatic carbocycles. The number of carbonyl (C=O) groups is 1. The van der Waals surface area contributed by atoms with Crippen molar-refractivity contribution in [3.8, 4) is 0 Å². The lowest BCUT2D eigenvalue weighted by Crippen LogP contribution is -2.12. The molecule has 0 radical (unpaired) electrons. The highest BCUT2D eigenvalue weighted by atomic mass is 35.5. The summed E-state index contributed by atoms with van der Waals surface area (Å²) in [5, 5.41) is 0.667. The first-order valence-electron chi connectivity index (χ1n) is 6.98. The van der Waals surface area contributed by atoms with Crippen molar-refractivity contribution in [2.75, 3.05) is 0 Å². The van der Waals surface area contributed by atoms with Gasteiger partial charge in [0, 0.05) is 16.2 Å². The number of Topliss-reactive ketones (excluding diaryl/α,β-unsaturated/α-hetero) is 1. The van der Waals surface area contributed by atoms with Crippen LogP contribution in [0.2, 0.25) is 5.02 Å². The van der Waals surface area contributed by atoms with Gasteiger partial charge >= 0.3 is 0 Å². The van der Waals surface area contributed by atoms with Gasteiger partial charge in [0.25, 0.3) is 0 Å². The minimum atomic E-state index is 0.0950. The zero-order valence-electron chi connectivity index (χ0n) is 11.5. The molecule has 0 saturated heterocycles. The molecule has 0 atom stereocenters. The summed E-state index contributed by atoms with van der Waals surface area (Å²) in [7, 11) is 0. The molecule has 1 fully saturated rings. The van der Waals surface area contributed by atoms with Gasteiger partial charge in [0.05, 0.1) is 6.26 Å². The van der Waals surface area contributed by atoms with Gasteiger partial charge in [-0.25, -0.2) is 0 Å². The van der Waals surface area contributed by atoms with Crippen molar-refractivity contribution in [3.05, 3.63) is 70.2 Å². The maximum Gasteiger partial charge on any atom is 0.185 e. The molecule has 3 rings (SSSR count). The number of allylic oxidation sites excluding steroid dienone is 2. The number of hydrogen-bond donors (Lipinski definition) is 0. The van der Waals surface area contributed by atoms with Gasteiger partial charge in [-0.2, -0.15) is 0 Å². The third kappa shape index (κ3) is 3.17. The lowest BCUT2D eigenvalue weighted by molar-refractivity contribution is -0.112. The second-order valence-corrected chi connectivity index (χ2v) is 5.47. The number of rotatable bonds is 2. The summed E-state index contributed by atoms with van der Waals surface area (Å²) >= 11 is 6.16. The monoisotopic (exact) mass is 298 g/mol. The second kappa shape index (κ2) is 6.15. The normalized spacial score (nSPS) is 19.4. The van der Waals surface area contributed by atoms with E-state index in [0.29, 0.717) is 5.02 Å². The number of benzene rings is 1. The van der Waals surface area contributed by atoms with Crippen LogP contribution in [0.1, 0.15) is 30.6 Å². The average molecular weight is 299 g/mol. The van der Waals surface area contributed by atoms with E-state index in [-0.39, 0.29) is 5.78 Å². The fraction of sp³-hybridized carbons (Fsp3) is 0.167. The van der Waals surface area contributed by atoms with Crippen LogP contribution in [0.15, 0.2) is 58.2 Å². The van der Waals surface area contributed by atoms with Gasteiger partial charge in [0.15, 0.2) is 5.78 Å². The van der Waals surface area contributed by atoms with E-state index in [2.05, 4.69) is 0 Å². The second-order valence-electron chi connectivity index (χ2n) is 5.06. The van der Waals surface area contributed by atoms with Gasteiger partial charge < -0.3 is 4.42 Å². The lowest BCUT2D eigenvalue weighted by atomic mass is 9.87. The summed E-state index contributed by atoms with van der Waals surface area (Å²) in [5.41, 5.74) is 2.50. The molecule has 2 aromatic rings. The summed E-state index contributed by atoms with van der Waals surface area (Å²) in [6.07, 6.45) is 7.90. The Hall–Kier alpha value is -2.06. The van der Waals surface area contributed by atoms with Crippen molar-refractivity contribution in [2.45, 2.75) is 19.3 Å². The fourth-order valence-corrected chi connectivity index (χ4v) is 2.69. The fourth-order valence-electron chi connectivity index (χ4n) is 2.50. The molecule has 2 nitrogen and oxygen atoms in total. The van der Waals surface area contributed by atoms with E-state index in [0.717, 1.165) is 41.7 Å². The first-order valence-corrected chi connectivity index (χ1v) is 7.36. The highest BCUT2D eigenvalue weighted by Gasteiger charge is 2.21. The van der Waals surface area contributed by atoms with Gasteiger partial charge in [-0.15, -0.1) is 0 Å². The highest BCUT2D eigenvalue weighted by Crippen LogP contribution is 2.29. The molecule has 0 spiro atoms. The first-order chi connectivity index (χ1) is 10.2. The van der Waals surface area contributed by atoms with E-state index in [1.54, 1.807) is 6.26 Å². The molecule has 21 heavy (non-hydrogen) atoms. The third-order valence-electron chi connectivity index (χ3n) is 3.57. The summed E-state index contributed by atoms with van der Waals surface area (Å²) in [6, 6.07) is 11.2. The smallest absolute Gasteiger partial charge is 0.185 e. The molecule has 1 aliphatic rings. The average Bonchev–Trinajstić information content (AvgIpc) is 2.98. The third-order valence-corrected chi connectivity index (χ3v) is 3.91. The number of hydrogen-bond acceptors (Lipinski definition) is 2. The molecule has 3 heteroatoms. The SMILES string of the molecule is O=C1/C(=C\c2ccco2)CCC/C1=C/c1ccccc1Cl. The Morgan fingerprint density at radius 3 is 2.48 bits per heavy atom. The number of ketones is 1. The van der Waals surface area contributed by atoms with E-state index in [1.165, 1.54) is 0 Å². The van der Waals surface area contributed by atoms with E-state index in [1.807, 2.05) is 48.6 Å². The van der Waals surface area contributed by atoms with E-state index in [9.17, 15) is 4.79 Å². The Morgan fingerprint density at radius 1 is 1.00 bits per heavy atom. The Labute approximate surface area is 128 Å². The zero-order valence-corrected chi connectivity index (χ0v) is 12.3. The van der Waals surface area contributed by atoms with E-state index in [4.69, 9.17) is 16.0 Å². The Kier molecular flexibility index (Phi) is 4.07. The van der Waals surface area contributed by atoms with Crippen LogP contribution in [0.3, 0.4) is 0 Å². The molecule has 0 bridgehead atoms. The minimum absolute atomic E-state index is 0.0950. The molecular formula is C18H15ClO2. The summed E-state index contributed by atoms with van der Waals surface area (Å²) < 4.78 is 5.29. The lowest BCUT2D eigenvalue weighted by Gasteiger charge is -2.16. The molecule has 1 saturated carbocycles. The molecule has 1 aromatic heterocycles. The molecule has 0 amide bonds. The van der Waals surface area contributed by atoms with Crippen LogP contribution in [-0.4, -0.2) is 5.78 Å². The van der Waals surface area contributed by atoms with Crippen molar-refractivity contribution in [2.24, 2.45) is 0 Å². The molecule has 1 aliphatic carbocycles. The molecule has 0 unspecified atom stereocenters. The molecule has 1 heterocycles. The molecule has 0 N–H and O–H groups in total. The molecular weight excluding hydrogens is 284 g/mol. The predicted octanol–water partition coefficient (Wildman–Crippen LogP) is 5.15. The Balaban J connectivity index is 1.91. The maximum absolute atomic E-state index is 12.5. The van der Waals surface area contributed by atoms with Gasteiger partial charge in [-0.05, 0) is 55.2 Å². The van der Waals surface area contributed by atoms with Crippen molar-refractivity contribution in [3.63, 3.8) is 0 Å². The quantitative estimate of drug-likeness (QED) is 0.717. The highest BCUT2D eigenvalue weighted by molar-refractivity contribution is 6.32. The van der Waals surface area contributed by atoms with Gasteiger partial charge in [0.2, 0.25) is 0 Å². The Morgan fingerprint density at radius 2 is 1.76 bits per heavy atom. The maximum atomic E-state index is 12.5. The van der Waals surface area contributed by atoms with Crippen LogP contribution >= 0.6 is 11.6 Å². The van der Waals surface area contributed by atoms with E-state index >= 15 is 0 Å². The summed E-state index contributed by atoms with van der Waals surface area (Å²) in [4.78, 5) is 12.5.